The minimum atomic E-state index is -3.65. The molecule has 0 aliphatic carbocycles. The number of amides is 2. The first kappa shape index (κ1) is 23.2. The molecule has 3 aromatic rings. The summed E-state index contributed by atoms with van der Waals surface area (Å²) in [5.74, 6) is -1.70. The Morgan fingerprint density at radius 1 is 1.21 bits per heavy atom. The summed E-state index contributed by atoms with van der Waals surface area (Å²) in [5.41, 5.74) is 6.97. The van der Waals surface area contributed by atoms with Crippen molar-refractivity contribution in [3.05, 3.63) is 44.8 Å². The summed E-state index contributed by atoms with van der Waals surface area (Å²) >= 11 is 1.26. The lowest BCUT2D eigenvalue weighted by atomic mass is 10.1. The van der Waals surface area contributed by atoms with Crippen LogP contribution in [0.4, 0.5) is 5.00 Å². The van der Waals surface area contributed by atoms with Crippen LogP contribution < -0.4 is 16.8 Å². The van der Waals surface area contributed by atoms with Gasteiger partial charge in [0.15, 0.2) is 5.58 Å². The van der Waals surface area contributed by atoms with Crippen LogP contribution in [0.3, 0.4) is 0 Å². The van der Waals surface area contributed by atoms with Crippen molar-refractivity contribution < 1.29 is 22.4 Å². The maximum Gasteiger partial charge on any atom is 0.419 e. The fourth-order valence-electron chi connectivity index (χ4n) is 3.91. The second kappa shape index (κ2) is 8.76. The minimum Gasteiger partial charge on any atom is -0.408 e. The van der Waals surface area contributed by atoms with Crippen molar-refractivity contribution in [3.8, 4) is 0 Å². The molecule has 3 heterocycles. The number of fused-ring (bicyclic) bond motifs is 1. The van der Waals surface area contributed by atoms with Gasteiger partial charge in [-0.3, -0.25) is 14.2 Å². The number of oxazole rings is 1. The largest absolute Gasteiger partial charge is 0.419 e. The maximum absolute atomic E-state index is 12.8. The Labute approximate surface area is 194 Å². The number of nitrogens with zero attached hydrogens (tertiary/aromatic N) is 2. The molecule has 1 aromatic carbocycles. The summed E-state index contributed by atoms with van der Waals surface area (Å²) in [6.07, 6.45) is 1.58. The third-order valence-corrected chi connectivity index (χ3v) is 8.81. The number of nitrogens with two attached hydrogens (primary N) is 1. The number of carbonyl (C=O) groups is 2. The molecule has 1 fully saturated rings. The lowest BCUT2D eigenvalue weighted by Gasteiger charge is -2.15. The van der Waals surface area contributed by atoms with E-state index in [0.717, 1.165) is 23.3 Å². The molecule has 0 atom stereocenters. The van der Waals surface area contributed by atoms with E-state index in [0.29, 0.717) is 23.6 Å². The lowest BCUT2D eigenvalue weighted by Crippen LogP contribution is -2.27. The van der Waals surface area contributed by atoms with E-state index in [9.17, 15) is 22.8 Å². The van der Waals surface area contributed by atoms with Gasteiger partial charge in [-0.25, -0.2) is 13.2 Å². The Morgan fingerprint density at radius 3 is 2.58 bits per heavy atom. The van der Waals surface area contributed by atoms with Crippen LogP contribution in [0.5, 0.6) is 0 Å². The first-order valence-electron chi connectivity index (χ1n) is 10.4. The van der Waals surface area contributed by atoms with Crippen molar-refractivity contribution in [1.29, 1.82) is 0 Å². The van der Waals surface area contributed by atoms with Gasteiger partial charge in [0.05, 0.1) is 16.0 Å². The Bertz CT molecular complexity index is 1410. The van der Waals surface area contributed by atoms with Crippen LogP contribution in [-0.4, -0.2) is 42.2 Å². The highest BCUT2D eigenvalue weighted by Crippen LogP contribution is 2.32. The van der Waals surface area contributed by atoms with Gasteiger partial charge in [0.25, 0.3) is 5.91 Å². The second-order valence-corrected chi connectivity index (χ2v) is 11.1. The molecular weight excluding hydrogens is 468 g/mol. The molecule has 33 heavy (non-hydrogen) atoms. The van der Waals surface area contributed by atoms with E-state index in [1.807, 2.05) is 6.92 Å². The average Bonchev–Trinajstić information content (AvgIpc) is 3.45. The van der Waals surface area contributed by atoms with Crippen LogP contribution in [0.1, 0.15) is 40.1 Å². The Balaban J connectivity index is 1.52. The average molecular weight is 493 g/mol. The highest BCUT2D eigenvalue weighted by atomic mass is 32.2. The van der Waals surface area contributed by atoms with Gasteiger partial charge in [-0.2, -0.15) is 4.31 Å². The van der Waals surface area contributed by atoms with E-state index in [1.54, 1.807) is 6.92 Å². The third-order valence-electron chi connectivity index (χ3n) is 5.79. The summed E-state index contributed by atoms with van der Waals surface area (Å²) in [6.45, 7) is 4.56. The van der Waals surface area contributed by atoms with E-state index in [1.165, 1.54) is 38.4 Å². The smallest absolute Gasteiger partial charge is 0.408 e. The van der Waals surface area contributed by atoms with Crippen LogP contribution >= 0.6 is 11.3 Å². The summed E-state index contributed by atoms with van der Waals surface area (Å²) in [6, 6.07) is 4.30. The molecule has 3 N–H and O–H groups in total. The van der Waals surface area contributed by atoms with Crippen LogP contribution in [-0.2, 0) is 21.4 Å². The topological polar surface area (TPSA) is 145 Å². The van der Waals surface area contributed by atoms with E-state index >= 15 is 0 Å². The molecule has 4 rings (SSSR count). The molecule has 0 spiro atoms. The van der Waals surface area contributed by atoms with E-state index in [4.69, 9.17) is 10.2 Å². The third kappa shape index (κ3) is 4.33. The molecule has 0 radical (unpaired) electrons. The molecule has 2 amide bonds. The molecule has 2 aromatic heterocycles. The predicted octanol–water partition coefficient (Wildman–Crippen LogP) is 2.19. The number of hydrogen-bond acceptors (Lipinski definition) is 7. The first-order valence-corrected chi connectivity index (χ1v) is 12.7. The predicted molar refractivity (Wildman–Crippen MR) is 124 cm³/mol. The van der Waals surface area contributed by atoms with Crippen molar-refractivity contribution in [1.82, 2.24) is 8.87 Å². The molecule has 0 saturated carbocycles. The van der Waals surface area contributed by atoms with Crippen molar-refractivity contribution >= 4 is 49.3 Å². The van der Waals surface area contributed by atoms with Crippen molar-refractivity contribution in [3.63, 3.8) is 0 Å². The van der Waals surface area contributed by atoms with Gasteiger partial charge < -0.3 is 15.5 Å². The van der Waals surface area contributed by atoms with Gasteiger partial charge in [0.2, 0.25) is 15.9 Å². The SMILES string of the molecule is Cc1sc(NC(=O)CCn2c(=O)oc3cc(S(=O)(=O)N4CCCC4)ccc32)c(C(N)=O)c1C. The number of aryl methyl sites for hydroxylation is 2. The van der Waals surface area contributed by atoms with Gasteiger partial charge in [-0.15, -0.1) is 11.3 Å². The zero-order valence-corrected chi connectivity index (χ0v) is 19.8. The minimum absolute atomic E-state index is 0.0190. The molecule has 0 unspecified atom stereocenters. The van der Waals surface area contributed by atoms with Gasteiger partial charge in [0, 0.05) is 37.0 Å². The summed E-state index contributed by atoms with van der Waals surface area (Å²) in [5, 5.41) is 3.07. The van der Waals surface area contributed by atoms with Crippen LogP contribution in [0, 0.1) is 13.8 Å². The highest BCUT2D eigenvalue weighted by Gasteiger charge is 2.28. The van der Waals surface area contributed by atoms with Gasteiger partial charge in [-0.05, 0) is 44.4 Å². The van der Waals surface area contributed by atoms with Crippen LogP contribution in [0.25, 0.3) is 11.1 Å². The Morgan fingerprint density at radius 2 is 1.91 bits per heavy atom. The lowest BCUT2D eigenvalue weighted by molar-refractivity contribution is -0.116. The number of benzene rings is 1. The van der Waals surface area contributed by atoms with E-state index in [-0.39, 0.29) is 29.0 Å². The number of rotatable bonds is 7. The zero-order chi connectivity index (χ0) is 23.9. The fourth-order valence-corrected chi connectivity index (χ4v) is 6.53. The van der Waals surface area contributed by atoms with Crippen molar-refractivity contribution in [2.75, 3.05) is 18.4 Å². The van der Waals surface area contributed by atoms with Gasteiger partial charge >= 0.3 is 5.76 Å². The first-order chi connectivity index (χ1) is 15.6. The van der Waals surface area contributed by atoms with Crippen molar-refractivity contribution in [2.24, 2.45) is 5.73 Å². The second-order valence-electron chi connectivity index (χ2n) is 7.91. The molecular formula is C21H24N4O6S2. The monoisotopic (exact) mass is 492 g/mol. The summed E-state index contributed by atoms with van der Waals surface area (Å²) in [4.78, 5) is 37.5. The number of aromatic nitrogens is 1. The molecule has 176 valence electrons. The summed E-state index contributed by atoms with van der Waals surface area (Å²) in [7, 11) is -3.65. The van der Waals surface area contributed by atoms with Gasteiger partial charge in [-0.1, -0.05) is 0 Å². The quantitative estimate of drug-likeness (QED) is 0.517. The Kier molecular flexibility index (Phi) is 6.16. The molecule has 12 heteroatoms. The van der Waals surface area contributed by atoms with Crippen LogP contribution in [0.15, 0.2) is 32.3 Å². The number of anilines is 1. The number of hydrogen-bond donors (Lipinski definition) is 2. The number of carbonyl (C=O) groups excluding carboxylic acids is 2. The normalized spacial score (nSPS) is 14.7. The standard InChI is InChI=1S/C21H24N4O6S2/c1-12-13(2)32-20(18(12)19(22)27)23-17(26)7-10-25-15-6-5-14(11-16(15)31-21(25)28)33(29,30)24-8-3-4-9-24/h5-6,11H,3-4,7-10H2,1-2H3,(H2,22,27)(H,23,26). The number of nitrogens with one attached hydrogen (secondary N) is 1. The fraction of sp³-hybridized carbons (Fsp3) is 0.381. The highest BCUT2D eigenvalue weighted by molar-refractivity contribution is 7.89. The summed E-state index contributed by atoms with van der Waals surface area (Å²) < 4.78 is 33.5. The molecule has 10 nitrogen and oxygen atoms in total. The van der Waals surface area contributed by atoms with Gasteiger partial charge in [0.1, 0.15) is 5.00 Å². The van der Waals surface area contributed by atoms with Crippen molar-refractivity contribution in [2.45, 2.75) is 44.6 Å². The molecule has 1 aliphatic rings. The maximum atomic E-state index is 12.8. The number of thiophene rings is 1. The number of sulfonamides is 1. The van der Waals surface area contributed by atoms with E-state index in [2.05, 4.69) is 5.32 Å². The van der Waals surface area contributed by atoms with Crippen LogP contribution in [0.2, 0.25) is 0 Å². The molecule has 1 saturated heterocycles. The Hall–Kier alpha value is -2.96. The zero-order valence-electron chi connectivity index (χ0n) is 18.2. The van der Waals surface area contributed by atoms with E-state index < -0.39 is 27.6 Å². The molecule has 1 aliphatic heterocycles. The number of primary amides is 1. The molecule has 0 bridgehead atoms.